The maximum absolute atomic E-state index is 12.7. The smallest absolute Gasteiger partial charge is 0.310 e. The molecule has 0 aromatic carbocycles. The first-order chi connectivity index (χ1) is 17.7. The third-order valence-corrected chi connectivity index (χ3v) is 7.52. The van der Waals surface area contributed by atoms with E-state index in [4.69, 9.17) is 9.47 Å². The summed E-state index contributed by atoms with van der Waals surface area (Å²) in [6.45, 7) is 5.44. The molecule has 2 atom stereocenters. The van der Waals surface area contributed by atoms with Crippen LogP contribution in [0.2, 0.25) is 0 Å². The molecule has 4 nitrogen and oxygen atoms in total. The second kappa shape index (κ2) is 24.0. The molecule has 0 N–H and O–H groups in total. The van der Waals surface area contributed by atoms with Crippen molar-refractivity contribution < 1.29 is 19.1 Å². The van der Waals surface area contributed by atoms with Crippen LogP contribution in [0.25, 0.3) is 0 Å². The lowest BCUT2D eigenvalue weighted by molar-refractivity contribution is -0.161. The summed E-state index contributed by atoms with van der Waals surface area (Å²) in [5.74, 6) is -1.23. The Balaban J connectivity index is 2.08. The molecule has 0 amide bonds. The second-order valence-corrected chi connectivity index (χ2v) is 10.9. The van der Waals surface area contributed by atoms with Gasteiger partial charge in [0.25, 0.3) is 0 Å². The van der Waals surface area contributed by atoms with Crippen LogP contribution in [0.4, 0.5) is 0 Å². The number of unbranched alkanes of at least 4 members (excludes halogenated alkanes) is 18. The Hall–Kier alpha value is -1.32. The molecule has 0 radical (unpaired) electrons. The first-order valence-corrected chi connectivity index (χ1v) is 15.7. The molecule has 210 valence electrons. The minimum Gasteiger partial charge on any atom is -0.465 e. The van der Waals surface area contributed by atoms with Crippen molar-refractivity contribution in [1.29, 1.82) is 0 Å². The van der Waals surface area contributed by atoms with Crippen molar-refractivity contribution in [2.24, 2.45) is 11.8 Å². The number of rotatable bonds is 24. The van der Waals surface area contributed by atoms with Crippen LogP contribution in [-0.4, -0.2) is 25.2 Å². The van der Waals surface area contributed by atoms with E-state index < -0.39 is 11.8 Å². The molecule has 4 heteroatoms. The molecule has 0 saturated carbocycles. The highest BCUT2D eigenvalue weighted by Gasteiger charge is 2.36. The minimum absolute atomic E-state index is 0.226. The normalized spacial score (nSPS) is 17.3. The highest BCUT2D eigenvalue weighted by molar-refractivity contribution is 5.82. The topological polar surface area (TPSA) is 52.6 Å². The van der Waals surface area contributed by atoms with Crippen LogP contribution in [0, 0.1) is 11.8 Å². The van der Waals surface area contributed by atoms with Gasteiger partial charge >= 0.3 is 11.9 Å². The summed E-state index contributed by atoms with van der Waals surface area (Å²) in [5, 5.41) is 0. The van der Waals surface area contributed by atoms with E-state index in [0.29, 0.717) is 26.1 Å². The predicted molar refractivity (Wildman–Crippen MR) is 151 cm³/mol. The second-order valence-electron chi connectivity index (χ2n) is 10.9. The Morgan fingerprint density at radius 2 is 0.778 bits per heavy atom. The van der Waals surface area contributed by atoms with E-state index in [-0.39, 0.29) is 11.9 Å². The molecule has 0 spiro atoms. The van der Waals surface area contributed by atoms with Gasteiger partial charge in [-0.15, -0.1) is 0 Å². The van der Waals surface area contributed by atoms with Crippen molar-refractivity contribution in [1.82, 2.24) is 0 Å². The van der Waals surface area contributed by atoms with E-state index >= 15 is 0 Å². The fraction of sp³-hybridized carbons (Fsp3) is 0.875. The zero-order chi connectivity index (χ0) is 26.1. The van der Waals surface area contributed by atoms with Crippen molar-refractivity contribution in [3.63, 3.8) is 0 Å². The van der Waals surface area contributed by atoms with Crippen molar-refractivity contribution in [2.45, 2.75) is 155 Å². The Labute approximate surface area is 223 Å². The highest BCUT2D eigenvalue weighted by Crippen LogP contribution is 2.28. The van der Waals surface area contributed by atoms with Crippen LogP contribution in [0.5, 0.6) is 0 Å². The number of hydrogen-bond acceptors (Lipinski definition) is 4. The number of esters is 2. The predicted octanol–water partition coefficient (Wildman–Crippen LogP) is 9.50. The summed E-state index contributed by atoms with van der Waals surface area (Å²) in [6, 6.07) is 0. The molecule has 0 aromatic heterocycles. The molecule has 1 aliphatic carbocycles. The van der Waals surface area contributed by atoms with Crippen LogP contribution in [0.15, 0.2) is 12.2 Å². The van der Waals surface area contributed by atoms with Gasteiger partial charge in [0.05, 0.1) is 25.0 Å². The van der Waals surface area contributed by atoms with Crippen molar-refractivity contribution in [3.05, 3.63) is 12.2 Å². The van der Waals surface area contributed by atoms with Gasteiger partial charge in [0.1, 0.15) is 0 Å². The molecule has 2 unspecified atom stereocenters. The quantitative estimate of drug-likeness (QED) is 0.0743. The van der Waals surface area contributed by atoms with E-state index in [1.54, 1.807) is 0 Å². The molecule has 0 saturated heterocycles. The van der Waals surface area contributed by atoms with E-state index in [0.717, 1.165) is 25.7 Å². The van der Waals surface area contributed by atoms with Gasteiger partial charge < -0.3 is 9.47 Å². The van der Waals surface area contributed by atoms with Crippen molar-refractivity contribution in [3.8, 4) is 0 Å². The fourth-order valence-electron chi connectivity index (χ4n) is 5.07. The zero-order valence-corrected chi connectivity index (χ0v) is 23.9. The Kier molecular flexibility index (Phi) is 21.8. The summed E-state index contributed by atoms with van der Waals surface area (Å²) < 4.78 is 11.1. The maximum atomic E-state index is 12.7. The number of ether oxygens (including phenoxy) is 2. The summed E-state index contributed by atoms with van der Waals surface area (Å²) in [4.78, 5) is 25.3. The lowest BCUT2D eigenvalue weighted by Crippen LogP contribution is -2.34. The molecule has 0 fully saturated rings. The fourth-order valence-corrected chi connectivity index (χ4v) is 5.07. The first-order valence-electron chi connectivity index (χ1n) is 15.7. The van der Waals surface area contributed by atoms with Crippen molar-refractivity contribution in [2.75, 3.05) is 13.2 Å². The van der Waals surface area contributed by atoms with Crippen LogP contribution < -0.4 is 0 Å². The standard InChI is InChI=1S/C32H58O4/c1-3-5-7-9-11-13-14-16-18-20-24-28-36-32(34)30-26-22-21-25-29(30)31(33)35-27-23-19-17-15-12-10-8-6-4-2/h21-22,29-30H,3-20,23-28H2,1-2H3. The Bertz CT molecular complexity index is 556. The number of hydrogen-bond donors (Lipinski definition) is 0. The van der Waals surface area contributed by atoms with E-state index in [1.165, 1.54) is 103 Å². The molecule has 1 aliphatic rings. The summed E-state index contributed by atoms with van der Waals surface area (Å²) in [6.07, 6.45) is 30.3. The van der Waals surface area contributed by atoms with Crippen molar-refractivity contribution >= 4 is 11.9 Å². The van der Waals surface area contributed by atoms with Crippen LogP contribution >= 0.6 is 0 Å². The van der Waals surface area contributed by atoms with Gasteiger partial charge in [-0.2, -0.15) is 0 Å². The van der Waals surface area contributed by atoms with Gasteiger partial charge in [-0.3, -0.25) is 9.59 Å². The number of carbonyl (C=O) groups is 2. The average Bonchev–Trinajstić information content (AvgIpc) is 2.90. The third-order valence-electron chi connectivity index (χ3n) is 7.52. The van der Waals surface area contributed by atoms with Crippen LogP contribution in [0.1, 0.15) is 155 Å². The largest absolute Gasteiger partial charge is 0.465 e. The molecule has 0 aromatic rings. The van der Waals surface area contributed by atoms with Crippen LogP contribution in [0.3, 0.4) is 0 Å². The van der Waals surface area contributed by atoms with Gasteiger partial charge in [-0.1, -0.05) is 142 Å². The first kappa shape index (κ1) is 32.7. The highest BCUT2D eigenvalue weighted by atomic mass is 16.5. The monoisotopic (exact) mass is 506 g/mol. The molecule has 0 aliphatic heterocycles. The van der Waals surface area contributed by atoms with Gasteiger partial charge in [-0.25, -0.2) is 0 Å². The molecule has 0 bridgehead atoms. The summed E-state index contributed by atoms with van der Waals surface area (Å²) in [7, 11) is 0. The molecular weight excluding hydrogens is 448 g/mol. The summed E-state index contributed by atoms with van der Waals surface area (Å²) in [5.41, 5.74) is 0. The van der Waals surface area contributed by atoms with Gasteiger partial charge in [0.15, 0.2) is 0 Å². The zero-order valence-electron chi connectivity index (χ0n) is 23.9. The van der Waals surface area contributed by atoms with E-state index in [1.807, 2.05) is 12.2 Å². The third kappa shape index (κ3) is 17.2. The summed E-state index contributed by atoms with van der Waals surface area (Å²) >= 11 is 0. The molecule has 0 heterocycles. The van der Waals surface area contributed by atoms with Gasteiger partial charge in [0, 0.05) is 0 Å². The lowest BCUT2D eigenvalue weighted by atomic mass is 9.83. The van der Waals surface area contributed by atoms with Gasteiger partial charge in [0.2, 0.25) is 0 Å². The molecule has 1 rings (SSSR count). The number of allylic oxidation sites excluding steroid dienone is 2. The van der Waals surface area contributed by atoms with E-state index in [2.05, 4.69) is 13.8 Å². The lowest BCUT2D eigenvalue weighted by Gasteiger charge is -2.25. The Morgan fingerprint density at radius 1 is 0.500 bits per heavy atom. The maximum Gasteiger partial charge on any atom is 0.310 e. The molecule has 36 heavy (non-hydrogen) atoms. The molecular formula is C32H58O4. The SMILES string of the molecule is CCCCCCCCCCCCCOC(=O)C1CC=CCC1C(=O)OCCCCCCCCCCC. The van der Waals surface area contributed by atoms with Gasteiger partial charge in [-0.05, 0) is 25.7 Å². The average molecular weight is 507 g/mol. The Morgan fingerprint density at radius 3 is 1.08 bits per heavy atom. The number of carbonyl (C=O) groups excluding carboxylic acids is 2. The van der Waals surface area contributed by atoms with E-state index in [9.17, 15) is 9.59 Å². The van der Waals surface area contributed by atoms with Crippen LogP contribution in [-0.2, 0) is 19.1 Å². The minimum atomic E-state index is -0.390.